The molecule has 0 fully saturated rings. The van der Waals surface area contributed by atoms with Crippen molar-refractivity contribution in [3.8, 4) is 5.69 Å². The predicted octanol–water partition coefficient (Wildman–Crippen LogP) is 3.48. The molecule has 0 aliphatic carbocycles. The topological polar surface area (TPSA) is 78.0 Å². The summed E-state index contributed by atoms with van der Waals surface area (Å²) in [5, 5.41) is 1.01. The summed E-state index contributed by atoms with van der Waals surface area (Å²) in [6.07, 6.45) is 1.05. The number of amides is 1. The number of primary amides is 1. The molecule has 0 saturated heterocycles. The Morgan fingerprint density at radius 2 is 1.88 bits per heavy atom. The van der Waals surface area contributed by atoms with E-state index < -0.39 is 5.91 Å². The first-order chi connectivity index (χ1) is 12.5. The van der Waals surface area contributed by atoms with Gasteiger partial charge < -0.3 is 5.73 Å². The van der Waals surface area contributed by atoms with E-state index in [-0.39, 0.29) is 11.3 Å². The molecule has 0 bridgehead atoms. The van der Waals surface area contributed by atoms with E-state index in [0.29, 0.717) is 22.0 Å². The summed E-state index contributed by atoms with van der Waals surface area (Å²) < 4.78 is 1.55. The zero-order chi connectivity index (χ0) is 18.7. The monoisotopic (exact) mass is 367 g/mol. The number of nitrogens with zero attached hydrogens (tertiary/aromatic N) is 2. The Bertz CT molecular complexity index is 996. The van der Waals surface area contributed by atoms with E-state index in [2.05, 4.69) is 18.8 Å². The van der Waals surface area contributed by atoms with E-state index in [0.717, 1.165) is 12.1 Å². The summed E-state index contributed by atoms with van der Waals surface area (Å²) in [4.78, 5) is 28.8. The largest absolute Gasteiger partial charge is 0.369 e. The predicted molar refractivity (Wildman–Crippen MR) is 106 cm³/mol. The maximum Gasteiger partial charge on any atom is 0.266 e. The fourth-order valence-corrected chi connectivity index (χ4v) is 3.51. The Morgan fingerprint density at radius 1 is 1.19 bits per heavy atom. The van der Waals surface area contributed by atoms with Gasteiger partial charge in [-0.05, 0) is 42.2 Å². The van der Waals surface area contributed by atoms with Crippen LogP contribution in [0.4, 0.5) is 0 Å². The molecule has 26 heavy (non-hydrogen) atoms. The maximum atomic E-state index is 13.1. The second-order valence-corrected chi connectivity index (χ2v) is 7.15. The van der Waals surface area contributed by atoms with E-state index in [4.69, 9.17) is 5.73 Å². The Morgan fingerprint density at radius 3 is 2.54 bits per heavy atom. The highest BCUT2D eigenvalue weighted by Gasteiger charge is 2.14. The average molecular weight is 367 g/mol. The van der Waals surface area contributed by atoms with Gasteiger partial charge in [0.15, 0.2) is 5.16 Å². The van der Waals surface area contributed by atoms with Gasteiger partial charge in [0.25, 0.3) is 5.56 Å². The fraction of sp³-hybridized carbons (Fsp3) is 0.250. The number of benzene rings is 2. The van der Waals surface area contributed by atoms with Crippen LogP contribution in [0.15, 0.2) is 58.5 Å². The molecule has 2 aromatic carbocycles. The first kappa shape index (κ1) is 18.2. The Hall–Kier alpha value is -2.60. The van der Waals surface area contributed by atoms with Crippen LogP contribution in [0.1, 0.15) is 31.7 Å². The van der Waals surface area contributed by atoms with E-state index in [1.807, 2.05) is 36.4 Å². The minimum absolute atomic E-state index is 0.0652. The molecule has 2 N–H and O–H groups in total. The molecule has 6 heteroatoms. The van der Waals surface area contributed by atoms with Crippen molar-refractivity contribution < 1.29 is 4.79 Å². The van der Waals surface area contributed by atoms with Crippen LogP contribution >= 0.6 is 11.8 Å². The maximum absolute atomic E-state index is 13.1. The van der Waals surface area contributed by atoms with Crippen LogP contribution in [0.2, 0.25) is 0 Å². The van der Waals surface area contributed by atoms with Gasteiger partial charge in [-0.15, -0.1) is 0 Å². The van der Waals surface area contributed by atoms with Gasteiger partial charge in [-0.1, -0.05) is 49.9 Å². The van der Waals surface area contributed by atoms with Crippen molar-refractivity contribution in [1.82, 2.24) is 9.55 Å². The van der Waals surface area contributed by atoms with Gasteiger partial charge >= 0.3 is 0 Å². The first-order valence-electron chi connectivity index (χ1n) is 8.54. The zero-order valence-electron chi connectivity index (χ0n) is 14.8. The summed E-state index contributed by atoms with van der Waals surface area (Å²) in [7, 11) is 0. The second-order valence-electron chi connectivity index (χ2n) is 6.21. The molecule has 1 heterocycles. The third-order valence-corrected chi connectivity index (χ3v) is 5.38. The lowest BCUT2D eigenvalue weighted by atomic mass is 9.98. The summed E-state index contributed by atoms with van der Waals surface area (Å²) >= 11 is 1.17. The number of para-hydroxylation sites is 1. The van der Waals surface area contributed by atoms with Crippen molar-refractivity contribution in [3.05, 3.63) is 64.4 Å². The lowest BCUT2D eigenvalue weighted by Gasteiger charge is -2.14. The zero-order valence-corrected chi connectivity index (χ0v) is 15.6. The molecular formula is C20H21N3O2S. The number of hydrogen-bond donors (Lipinski definition) is 1. The van der Waals surface area contributed by atoms with Crippen LogP contribution in [0.25, 0.3) is 16.6 Å². The second kappa shape index (κ2) is 7.74. The molecule has 3 rings (SSSR count). The highest BCUT2D eigenvalue weighted by atomic mass is 32.2. The lowest BCUT2D eigenvalue weighted by Crippen LogP contribution is -2.23. The van der Waals surface area contributed by atoms with Crippen LogP contribution in [0.5, 0.6) is 0 Å². The number of carbonyl (C=O) groups excluding carboxylic acids is 1. The van der Waals surface area contributed by atoms with Gasteiger partial charge in [-0.2, -0.15) is 0 Å². The minimum Gasteiger partial charge on any atom is -0.369 e. The van der Waals surface area contributed by atoms with Crippen LogP contribution in [-0.4, -0.2) is 21.2 Å². The first-order valence-corrected chi connectivity index (χ1v) is 9.53. The van der Waals surface area contributed by atoms with E-state index in [9.17, 15) is 9.59 Å². The Labute approximate surface area is 156 Å². The number of nitrogens with two attached hydrogens (primary N) is 1. The van der Waals surface area contributed by atoms with E-state index >= 15 is 0 Å². The van der Waals surface area contributed by atoms with Crippen LogP contribution in [0.3, 0.4) is 0 Å². The molecule has 1 amide bonds. The number of carbonyl (C=O) groups is 1. The molecule has 0 aliphatic rings. The number of aromatic nitrogens is 2. The molecular weight excluding hydrogens is 346 g/mol. The molecule has 134 valence electrons. The summed E-state index contributed by atoms with van der Waals surface area (Å²) in [5.74, 6) is 0.0747. The quantitative estimate of drug-likeness (QED) is 0.534. The van der Waals surface area contributed by atoms with Gasteiger partial charge in [0.05, 0.1) is 22.3 Å². The van der Waals surface area contributed by atoms with Crippen molar-refractivity contribution >= 4 is 28.6 Å². The summed E-state index contributed by atoms with van der Waals surface area (Å²) in [5.41, 5.74) is 7.68. The molecule has 0 aliphatic heterocycles. The third-order valence-electron chi connectivity index (χ3n) is 4.42. The molecule has 0 radical (unpaired) electrons. The fourth-order valence-electron chi connectivity index (χ4n) is 2.76. The number of thioether (sulfide) groups is 1. The van der Waals surface area contributed by atoms with Crippen molar-refractivity contribution in [3.63, 3.8) is 0 Å². The normalized spacial score (nSPS) is 12.2. The summed E-state index contributed by atoms with van der Waals surface area (Å²) in [6.45, 7) is 4.32. The number of hydrogen-bond acceptors (Lipinski definition) is 4. The summed E-state index contributed by atoms with van der Waals surface area (Å²) in [6, 6.07) is 15.1. The van der Waals surface area contributed by atoms with Crippen LogP contribution in [-0.2, 0) is 4.79 Å². The van der Waals surface area contributed by atoms with Crippen molar-refractivity contribution in [2.24, 2.45) is 5.73 Å². The van der Waals surface area contributed by atoms with Crippen molar-refractivity contribution in [2.75, 3.05) is 5.75 Å². The van der Waals surface area contributed by atoms with Crippen LogP contribution < -0.4 is 11.3 Å². The molecule has 0 saturated carbocycles. The van der Waals surface area contributed by atoms with Gasteiger partial charge in [0, 0.05) is 0 Å². The van der Waals surface area contributed by atoms with Crippen LogP contribution in [0, 0.1) is 0 Å². The number of rotatable bonds is 6. The molecule has 0 unspecified atom stereocenters. The highest BCUT2D eigenvalue weighted by molar-refractivity contribution is 7.99. The smallest absolute Gasteiger partial charge is 0.266 e. The standard InChI is InChI=1S/C20H21N3O2S/c1-3-13(2)14-8-10-15(11-9-14)23-19(25)16-6-4-5-7-17(16)22-20(23)26-12-18(21)24/h4-11,13H,3,12H2,1-2H3,(H2,21,24)/t13-/m0/s1. The molecule has 3 aromatic rings. The average Bonchev–Trinajstić information content (AvgIpc) is 2.66. The van der Waals surface area contributed by atoms with E-state index in [1.165, 1.54) is 17.3 Å². The minimum atomic E-state index is -0.448. The third kappa shape index (κ3) is 3.65. The van der Waals surface area contributed by atoms with Gasteiger partial charge in [-0.3, -0.25) is 14.2 Å². The highest BCUT2D eigenvalue weighted by Crippen LogP contribution is 2.24. The lowest BCUT2D eigenvalue weighted by molar-refractivity contribution is -0.115. The van der Waals surface area contributed by atoms with Crippen molar-refractivity contribution in [1.29, 1.82) is 0 Å². The molecule has 1 aromatic heterocycles. The number of fused-ring (bicyclic) bond motifs is 1. The molecule has 1 atom stereocenters. The molecule has 0 spiro atoms. The van der Waals surface area contributed by atoms with Crippen molar-refractivity contribution in [2.45, 2.75) is 31.3 Å². The van der Waals surface area contributed by atoms with Gasteiger partial charge in [0.2, 0.25) is 5.91 Å². The Kier molecular flexibility index (Phi) is 5.42. The van der Waals surface area contributed by atoms with Gasteiger partial charge in [0.1, 0.15) is 0 Å². The SMILES string of the molecule is CC[C@H](C)c1ccc(-n2c(SCC(N)=O)nc3ccccc3c2=O)cc1. The van der Waals surface area contributed by atoms with E-state index in [1.54, 1.807) is 16.7 Å². The molecule has 5 nitrogen and oxygen atoms in total. The Balaban J connectivity index is 2.15. The van der Waals surface area contributed by atoms with Gasteiger partial charge in [-0.25, -0.2) is 4.98 Å².